The van der Waals surface area contributed by atoms with E-state index in [4.69, 9.17) is 0 Å². The molecule has 0 spiro atoms. The molecule has 0 bridgehead atoms. The zero-order chi connectivity index (χ0) is 48.6. The zero-order valence-electron chi connectivity index (χ0n) is 45.1. The molecule has 65 heavy (non-hydrogen) atoms. The lowest BCUT2D eigenvalue weighted by molar-refractivity contribution is -0.119. The van der Waals surface area contributed by atoms with Crippen LogP contribution in [0.4, 0.5) is 0 Å². The maximum absolute atomic E-state index is 12.7. The van der Waals surface area contributed by atoms with Crippen LogP contribution in [0.3, 0.4) is 0 Å². The highest BCUT2D eigenvalue weighted by atomic mass is 31.1. The zero-order valence-corrected chi connectivity index (χ0v) is 46.9. The molecule has 1 nitrogen and oxygen atoms in total. The van der Waals surface area contributed by atoms with Crippen LogP contribution >= 0.6 is 15.8 Å². The van der Waals surface area contributed by atoms with Gasteiger partial charge >= 0.3 is 0 Å². The standard InChI is InChI=1S/C31H45OP.C31H47P/c1-20(2)23-17-26(21(3)4)29(27(18-23)22(5)6)25-13-11-12-14-28(25)33-30(7,8)16-15-24(32)19-31(33,9)10;1-21(2)24-19-26(22(3)4)29(27(20-24)23(5)6)25-15-11-12-16-28(25)32-30(7,8)17-13-14-18-31(32,9)10/h11-14,17-18,20-22H,15-16,19H2,1-10H3;11-12,15-16,19-23H,13-14,17-18H2,1-10H3. The topological polar surface area (TPSA) is 17.1 Å². The van der Waals surface area contributed by atoms with Crippen molar-refractivity contribution in [3.05, 3.63) is 106 Å². The third-order valence-electron chi connectivity index (χ3n) is 15.0. The van der Waals surface area contributed by atoms with Gasteiger partial charge in [0.1, 0.15) is 5.78 Å². The van der Waals surface area contributed by atoms with Crippen molar-refractivity contribution in [1.82, 2.24) is 0 Å². The summed E-state index contributed by atoms with van der Waals surface area (Å²) in [7, 11) is -0.863. The van der Waals surface area contributed by atoms with E-state index >= 15 is 0 Å². The number of ketones is 1. The summed E-state index contributed by atoms with van der Waals surface area (Å²) in [6, 6.07) is 28.6. The van der Waals surface area contributed by atoms with Crippen molar-refractivity contribution in [2.24, 2.45) is 0 Å². The summed E-state index contributed by atoms with van der Waals surface area (Å²) in [4.78, 5) is 12.7. The lowest BCUT2D eigenvalue weighted by Gasteiger charge is -2.45. The summed E-state index contributed by atoms with van der Waals surface area (Å²) in [6.45, 7) is 47.8. The summed E-state index contributed by atoms with van der Waals surface area (Å²) in [6.07, 6.45) is 7.82. The molecular formula is C62H92OP2. The predicted molar refractivity (Wildman–Crippen MR) is 295 cm³/mol. The highest BCUT2D eigenvalue weighted by Crippen LogP contribution is 2.66. The van der Waals surface area contributed by atoms with E-state index in [1.165, 1.54) is 86.6 Å². The van der Waals surface area contributed by atoms with E-state index in [0.29, 0.717) is 58.0 Å². The Morgan fingerprint density at radius 2 is 0.723 bits per heavy atom. The van der Waals surface area contributed by atoms with Crippen molar-refractivity contribution in [3.8, 4) is 22.3 Å². The lowest BCUT2D eigenvalue weighted by Crippen LogP contribution is -2.34. The van der Waals surface area contributed by atoms with E-state index in [-0.39, 0.29) is 18.2 Å². The number of carbonyl (C=O) groups is 1. The quantitative estimate of drug-likeness (QED) is 0.145. The third-order valence-corrected chi connectivity index (χ3v) is 22.4. The van der Waals surface area contributed by atoms with E-state index in [1.54, 1.807) is 5.30 Å². The van der Waals surface area contributed by atoms with Gasteiger partial charge in [-0.25, -0.2) is 0 Å². The van der Waals surface area contributed by atoms with E-state index in [9.17, 15) is 4.79 Å². The van der Waals surface area contributed by atoms with E-state index in [0.717, 1.165) is 12.8 Å². The molecule has 0 saturated carbocycles. The van der Waals surface area contributed by atoms with Crippen molar-refractivity contribution in [3.63, 3.8) is 0 Å². The number of benzene rings is 4. The molecule has 1 atom stereocenters. The summed E-state index contributed by atoms with van der Waals surface area (Å²) in [5.74, 6) is 3.43. The van der Waals surface area contributed by atoms with Crippen molar-refractivity contribution in [2.45, 2.75) is 240 Å². The van der Waals surface area contributed by atoms with E-state index < -0.39 is 7.92 Å². The van der Waals surface area contributed by atoms with Crippen LogP contribution in [0.25, 0.3) is 22.3 Å². The molecular weight excluding hydrogens is 823 g/mol. The average molecular weight is 915 g/mol. The lowest BCUT2D eigenvalue weighted by atomic mass is 9.82. The van der Waals surface area contributed by atoms with Crippen LogP contribution < -0.4 is 10.6 Å². The average Bonchev–Trinajstić information content (AvgIpc) is 3.37. The summed E-state index contributed by atoms with van der Waals surface area (Å²) in [5, 5.41) is 3.95. The molecule has 0 aromatic heterocycles. The molecule has 6 rings (SSSR count). The van der Waals surface area contributed by atoms with Gasteiger partial charge in [0.15, 0.2) is 0 Å². The molecule has 3 heteroatoms. The highest BCUT2D eigenvalue weighted by Gasteiger charge is 2.46. The molecule has 1 unspecified atom stereocenters. The Morgan fingerprint density at radius 1 is 0.415 bits per heavy atom. The van der Waals surface area contributed by atoms with Crippen LogP contribution in [-0.4, -0.2) is 26.4 Å². The van der Waals surface area contributed by atoms with Crippen LogP contribution in [0, 0.1) is 0 Å². The summed E-state index contributed by atoms with van der Waals surface area (Å²) in [5.41, 5.74) is 14.8. The smallest absolute Gasteiger partial charge is 0.133 e. The molecule has 2 saturated heterocycles. The first-order valence-electron chi connectivity index (χ1n) is 25.8. The normalized spacial score (nSPS) is 19.8. The Balaban J connectivity index is 0.000000244. The van der Waals surface area contributed by atoms with Crippen LogP contribution in [0.15, 0.2) is 72.8 Å². The minimum Gasteiger partial charge on any atom is -0.300 e. The largest absolute Gasteiger partial charge is 0.300 e. The van der Waals surface area contributed by atoms with Gasteiger partial charge < -0.3 is 0 Å². The van der Waals surface area contributed by atoms with Crippen LogP contribution in [0.5, 0.6) is 0 Å². The molecule has 4 aromatic rings. The Labute approximate surface area is 403 Å². The van der Waals surface area contributed by atoms with Crippen molar-refractivity contribution < 1.29 is 4.79 Å². The minimum absolute atomic E-state index is 0.0175. The first-order chi connectivity index (χ1) is 30.1. The summed E-state index contributed by atoms with van der Waals surface area (Å²) < 4.78 is 0. The molecule has 2 aliphatic rings. The van der Waals surface area contributed by atoms with Gasteiger partial charge in [0, 0.05) is 12.8 Å². The SMILES string of the molecule is CC(C)c1cc(C(C)C)c(-c2ccccc2P2C(C)(C)CCC(=O)CC2(C)C)c(C(C)C)c1.CC(C)c1cc(C(C)C)c(-c2ccccc2P2C(C)(C)CCCCC2(C)C)c(C(C)C)c1. The van der Waals surface area contributed by atoms with E-state index in [1.807, 2.05) is 0 Å². The molecule has 2 aliphatic heterocycles. The highest BCUT2D eigenvalue weighted by molar-refractivity contribution is 7.69. The molecule has 2 heterocycles. The second-order valence-corrected chi connectivity index (χ2v) is 31.6. The molecule has 2 fully saturated rings. The van der Waals surface area contributed by atoms with E-state index in [2.05, 4.69) is 211 Å². The fourth-order valence-corrected chi connectivity index (χ4v) is 20.4. The van der Waals surface area contributed by atoms with Crippen LogP contribution in [-0.2, 0) is 4.79 Å². The van der Waals surface area contributed by atoms with Gasteiger partial charge in [-0.3, -0.25) is 4.79 Å². The number of rotatable bonds is 10. The van der Waals surface area contributed by atoms with Gasteiger partial charge in [-0.15, -0.1) is 0 Å². The number of carbonyl (C=O) groups excluding carboxylic acids is 1. The van der Waals surface area contributed by atoms with Crippen molar-refractivity contribution in [2.75, 3.05) is 0 Å². The van der Waals surface area contributed by atoms with Gasteiger partial charge in [0.2, 0.25) is 0 Å². The Bertz CT molecular complexity index is 2180. The van der Waals surface area contributed by atoms with Crippen molar-refractivity contribution >= 4 is 32.2 Å². The maximum atomic E-state index is 12.7. The first kappa shape index (κ1) is 53.4. The third kappa shape index (κ3) is 11.8. The van der Waals surface area contributed by atoms with Gasteiger partial charge in [-0.2, -0.15) is 0 Å². The van der Waals surface area contributed by atoms with Gasteiger partial charge in [-0.1, -0.05) is 240 Å². The second-order valence-electron chi connectivity index (χ2n) is 24.5. The number of Topliss-reactive ketones (excluding diaryl/α,β-unsaturated/α-hetero) is 1. The van der Waals surface area contributed by atoms with Gasteiger partial charge in [0.25, 0.3) is 0 Å². The second kappa shape index (κ2) is 21.0. The monoisotopic (exact) mass is 915 g/mol. The molecule has 4 aromatic carbocycles. The molecule has 0 amide bonds. The molecule has 0 aliphatic carbocycles. The molecule has 356 valence electrons. The maximum Gasteiger partial charge on any atom is 0.133 e. The Hall–Kier alpha value is -2.59. The fraction of sp³-hybridized carbons (Fsp3) is 0.597. The molecule has 0 N–H and O–H groups in total. The van der Waals surface area contributed by atoms with Crippen molar-refractivity contribution in [1.29, 1.82) is 0 Å². The van der Waals surface area contributed by atoms with Crippen LogP contribution in [0.2, 0.25) is 0 Å². The molecule has 0 radical (unpaired) electrons. The number of hydrogen-bond acceptors (Lipinski definition) is 1. The van der Waals surface area contributed by atoms with Gasteiger partial charge in [0.05, 0.1) is 0 Å². The first-order valence-corrected chi connectivity index (χ1v) is 28.5. The summed E-state index contributed by atoms with van der Waals surface area (Å²) >= 11 is 0. The Morgan fingerprint density at radius 3 is 1.05 bits per heavy atom. The number of hydrogen-bond donors (Lipinski definition) is 0. The Kier molecular flexibility index (Phi) is 17.2. The predicted octanol–water partition coefficient (Wildman–Crippen LogP) is 19.1. The minimum atomic E-state index is -0.555. The van der Waals surface area contributed by atoms with Gasteiger partial charge in [-0.05, 0) is 142 Å². The van der Waals surface area contributed by atoms with Crippen LogP contribution in [0.1, 0.15) is 252 Å². The fourth-order valence-electron chi connectivity index (χ4n) is 11.8.